The Morgan fingerprint density at radius 2 is 2.32 bits per heavy atom. The van der Waals surface area contributed by atoms with Gasteiger partial charge in [0.1, 0.15) is 6.61 Å². The Hall–Kier alpha value is -1.53. The average Bonchev–Trinajstić information content (AvgIpc) is 2.82. The summed E-state index contributed by atoms with van der Waals surface area (Å²) in [5.41, 5.74) is 1.08. The maximum absolute atomic E-state index is 11.7. The van der Waals surface area contributed by atoms with E-state index in [4.69, 9.17) is 16.3 Å². The van der Waals surface area contributed by atoms with Crippen molar-refractivity contribution in [1.29, 1.82) is 0 Å². The first-order valence-corrected chi connectivity index (χ1v) is 6.59. The second-order valence-corrected chi connectivity index (χ2v) is 4.61. The van der Waals surface area contributed by atoms with Crippen molar-refractivity contribution in [2.45, 2.75) is 6.61 Å². The molecular weight excluding hydrogens is 334 g/mol. The van der Waals surface area contributed by atoms with Gasteiger partial charge in [-0.15, -0.1) is 5.10 Å². The van der Waals surface area contributed by atoms with E-state index in [1.165, 1.54) is 0 Å². The van der Waals surface area contributed by atoms with Gasteiger partial charge < -0.3 is 4.74 Å². The van der Waals surface area contributed by atoms with Gasteiger partial charge in [0.2, 0.25) is 5.88 Å². The maximum Gasteiger partial charge on any atom is 0.261 e. The average molecular weight is 345 g/mol. The van der Waals surface area contributed by atoms with E-state index >= 15 is 0 Å². The lowest BCUT2D eigenvalue weighted by atomic mass is 10.1. The summed E-state index contributed by atoms with van der Waals surface area (Å²) in [5, 5.41) is 4.57. The van der Waals surface area contributed by atoms with Crippen LogP contribution in [-0.2, 0) is 13.7 Å². The van der Waals surface area contributed by atoms with Crippen molar-refractivity contribution in [2.24, 2.45) is 7.05 Å². The summed E-state index contributed by atoms with van der Waals surface area (Å²) in [4.78, 5) is 11.7. The summed E-state index contributed by atoms with van der Waals surface area (Å²) in [6.45, 7) is 0.173. The Balaban J connectivity index is 2.21. The van der Waals surface area contributed by atoms with E-state index in [-0.39, 0.29) is 12.5 Å². The van der Waals surface area contributed by atoms with E-state index in [1.54, 1.807) is 42.2 Å². The second kappa shape index (κ2) is 6.08. The first-order valence-electron chi connectivity index (χ1n) is 5.42. The monoisotopic (exact) mass is 343 g/mol. The summed E-state index contributed by atoms with van der Waals surface area (Å²) in [6, 6.07) is 6.84. The van der Waals surface area contributed by atoms with Gasteiger partial charge in [0.25, 0.3) is 5.91 Å². The number of ether oxygens (including phenoxy) is 1. The molecule has 0 aliphatic carbocycles. The molecule has 0 bridgehead atoms. The minimum absolute atomic E-state index is 0.173. The lowest BCUT2D eigenvalue weighted by Crippen LogP contribution is -2.15. The van der Waals surface area contributed by atoms with Crippen molar-refractivity contribution in [1.82, 2.24) is 14.1 Å². The fourth-order valence-electron chi connectivity index (χ4n) is 1.59. The molecule has 0 atom stereocenters. The van der Waals surface area contributed by atoms with Gasteiger partial charge in [-0.3, -0.25) is 13.8 Å². The van der Waals surface area contributed by atoms with Crippen LogP contribution in [0.5, 0.6) is 5.88 Å². The van der Waals surface area contributed by atoms with Gasteiger partial charge in [-0.05, 0) is 12.1 Å². The van der Waals surface area contributed by atoms with Crippen LogP contribution in [0, 0.1) is 0 Å². The molecule has 1 heterocycles. The number of aromatic nitrogens is 2. The largest absolute Gasteiger partial charge is 0.472 e. The number of carbonyl (C=O) groups excluding carboxylic acids is 1. The molecule has 0 radical (unpaired) electrons. The van der Waals surface area contributed by atoms with Crippen molar-refractivity contribution >= 4 is 33.7 Å². The standard InChI is InChI=1S/C12H11BrClN3O2/c1-17-6-5-11(16-17)19-7-9-8(12(18)15-13)3-2-4-10(9)14/h2-6H,7H2,1H3,(H,15,18). The first-order chi connectivity index (χ1) is 9.11. The lowest BCUT2D eigenvalue weighted by molar-refractivity contribution is 0.0984. The Morgan fingerprint density at radius 1 is 1.53 bits per heavy atom. The molecule has 100 valence electrons. The van der Waals surface area contributed by atoms with Gasteiger partial charge >= 0.3 is 0 Å². The quantitative estimate of drug-likeness (QED) is 0.868. The number of halogens is 2. The summed E-state index contributed by atoms with van der Waals surface area (Å²) in [7, 11) is 1.80. The smallest absolute Gasteiger partial charge is 0.261 e. The van der Waals surface area contributed by atoms with Crippen LogP contribution in [0.25, 0.3) is 0 Å². The number of hydrogen-bond acceptors (Lipinski definition) is 3. The van der Waals surface area contributed by atoms with E-state index in [0.717, 1.165) is 0 Å². The zero-order valence-corrected chi connectivity index (χ0v) is 12.4. The third kappa shape index (κ3) is 3.27. The Labute approximate surface area is 123 Å². The predicted molar refractivity (Wildman–Crippen MR) is 75.4 cm³/mol. The fraction of sp³-hybridized carbons (Fsp3) is 0.167. The van der Waals surface area contributed by atoms with E-state index in [0.29, 0.717) is 22.0 Å². The van der Waals surface area contributed by atoms with Gasteiger partial charge in [-0.1, -0.05) is 17.7 Å². The number of aryl methyl sites for hydroxylation is 1. The van der Waals surface area contributed by atoms with E-state index in [9.17, 15) is 4.79 Å². The van der Waals surface area contributed by atoms with Crippen molar-refractivity contribution in [2.75, 3.05) is 0 Å². The molecule has 5 nitrogen and oxygen atoms in total. The third-order valence-corrected chi connectivity index (χ3v) is 3.22. The zero-order valence-electron chi connectivity index (χ0n) is 10.1. The van der Waals surface area contributed by atoms with Crippen LogP contribution in [0.1, 0.15) is 15.9 Å². The van der Waals surface area contributed by atoms with E-state index in [1.807, 2.05) is 0 Å². The summed E-state index contributed by atoms with van der Waals surface area (Å²) < 4.78 is 9.54. The summed E-state index contributed by atoms with van der Waals surface area (Å²) in [6.07, 6.45) is 1.77. The minimum Gasteiger partial charge on any atom is -0.472 e. The highest BCUT2D eigenvalue weighted by Crippen LogP contribution is 2.22. The molecule has 7 heteroatoms. The molecule has 1 aromatic heterocycles. The molecule has 19 heavy (non-hydrogen) atoms. The topological polar surface area (TPSA) is 56.1 Å². The van der Waals surface area contributed by atoms with Crippen molar-refractivity contribution in [3.63, 3.8) is 0 Å². The normalized spacial score (nSPS) is 10.3. The number of nitrogens with one attached hydrogen (secondary N) is 1. The highest BCUT2D eigenvalue weighted by Gasteiger charge is 2.14. The number of hydrogen-bond donors (Lipinski definition) is 1. The van der Waals surface area contributed by atoms with Crippen LogP contribution in [0.15, 0.2) is 30.5 Å². The molecule has 0 saturated carbocycles. The van der Waals surface area contributed by atoms with Crippen molar-refractivity contribution in [3.05, 3.63) is 46.6 Å². The van der Waals surface area contributed by atoms with Crippen molar-refractivity contribution in [3.8, 4) is 5.88 Å². The number of rotatable bonds is 4. The molecule has 1 amide bonds. The first kappa shape index (κ1) is 13.9. The lowest BCUT2D eigenvalue weighted by Gasteiger charge is -2.10. The van der Waals surface area contributed by atoms with Crippen LogP contribution >= 0.6 is 27.7 Å². The SMILES string of the molecule is Cn1ccc(OCc2c(Cl)cccc2C(=O)NBr)n1. The van der Waals surface area contributed by atoms with E-state index in [2.05, 4.69) is 25.6 Å². The number of carbonyl (C=O) groups is 1. The zero-order chi connectivity index (χ0) is 13.8. The van der Waals surface area contributed by atoms with Gasteiger partial charge in [-0.2, -0.15) is 0 Å². The Kier molecular flexibility index (Phi) is 4.44. The molecule has 2 rings (SSSR count). The third-order valence-electron chi connectivity index (χ3n) is 2.50. The molecule has 0 aliphatic rings. The van der Waals surface area contributed by atoms with Gasteiger partial charge in [-0.25, -0.2) is 0 Å². The van der Waals surface area contributed by atoms with E-state index < -0.39 is 0 Å². The number of benzene rings is 1. The second-order valence-electron chi connectivity index (χ2n) is 3.81. The summed E-state index contributed by atoms with van der Waals surface area (Å²) >= 11 is 9.01. The molecule has 2 aromatic rings. The van der Waals surface area contributed by atoms with Gasteiger partial charge in [0.05, 0.1) is 0 Å². The van der Waals surface area contributed by atoms with Gasteiger partial charge in [0, 0.05) is 51.6 Å². The minimum atomic E-state index is -0.276. The number of amides is 1. The molecule has 0 aliphatic heterocycles. The molecule has 0 unspecified atom stereocenters. The van der Waals surface area contributed by atoms with Crippen LogP contribution in [-0.4, -0.2) is 15.7 Å². The van der Waals surface area contributed by atoms with Crippen LogP contribution in [0.3, 0.4) is 0 Å². The van der Waals surface area contributed by atoms with Crippen LogP contribution in [0.4, 0.5) is 0 Å². The number of nitrogens with zero attached hydrogens (tertiary/aromatic N) is 2. The molecular formula is C12H11BrClN3O2. The molecule has 0 spiro atoms. The molecule has 0 fully saturated rings. The predicted octanol–water partition coefficient (Wildman–Crippen LogP) is 2.69. The van der Waals surface area contributed by atoms with Crippen molar-refractivity contribution < 1.29 is 9.53 Å². The van der Waals surface area contributed by atoms with Crippen LogP contribution in [0.2, 0.25) is 5.02 Å². The summed E-state index contributed by atoms with van der Waals surface area (Å²) in [5.74, 6) is 0.203. The molecule has 1 aromatic carbocycles. The van der Waals surface area contributed by atoms with Crippen LogP contribution < -0.4 is 9.08 Å². The highest BCUT2D eigenvalue weighted by atomic mass is 79.9. The molecule has 0 saturated heterocycles. The Bertz CT molecular complexity index is 600. The fourth-order valence-corrected chi connectivity index (χ4v) is 2.03. The van der Waals surface area contributed by atoms with Gasteiger partial charge in [0.15, 0.2) is 0 Å². The maximum atomic E-state index is 11.7. The Morgan fingerprint density at radius 3 is 2.95 bits per heavy atom. The highest BCUT2D eigenvalue weighted by molar-refractivity contribution is 9.08. The molecule has 1 N–H and O–H groups in total.